The van der Waals surface area contributed by atoms with Gasteiger partial charge in [-0.25, -0.2) is 18.4 Å². The van der Waals surface area contributed by atoms with Gasteiger partial charge in [0.1, 0.15) is 0 Å². The minimum absolute atomic E-state index is 0.0869. The van der Waals surface area contributed by atoms with Crippen LogP contribution in [0.3, 0.4) is 0 Å². The Morgan fingerprint density at radius 1 is 0.935 bits per heavy atom. The fourth-order valence-electron chi connectivity index (χ4n) is 3.21. The number of hydrogen-bond donors (Lipinski definition) is 1. The number of carbonyl (C=O) groups excluding carboxylic acids is 2. The van der Waals surface area contributed by atoms with Crippen LogP contribution in [0, 0.1) is 0 Å². The lowest BCUT2D eigenvalue weighted by Gasteiger charge is -2.33. The van der Waals surface area contributed by atoms with Crippen molar-refractivity contribution >= 4 is 21.8 Å². The van der Waals surface area contributed by atoms with Crippen molar-refractivity contribution in [3.05, 3.63) is 66.2 Å². The maximum absolute atomic E-state index is 12.8. The van der Waals surface area contributed by atoms with Crippen LogP contribution in [-0.4, -0.2) is 65.6 Å². The quantitative estimate of drug-likeness (QED) is 0.622. The number of sulfonamides is 1. The van der Waals surface area contributed by atoms with E-state index in [9.17, 15) is 18.0 Å². The Labute approximate surface area is 178 Å². The maximum atomic E-state index is 12.8. The van der Waals surface area contributed by atoms with Crippen LogP contribution in [0.1, 0.15) is 20.9 Å². The molecule has 1 saturated heterocycles. The normalized spacial score (nSPS) is 15.0. The van der Waals surface area contributed by atoms with E-state index in [4.69, 9.17) is 10.2 Å². The van der Waals surface area contributed by atoms with E-state index in [1.165, 1.54) is 28.8 Å². The van der Waals surface area contributed by atoms with E-state index in [0.29, 0.717) is 11.4 Å². The summed E-state index contributed by atoms with van der Waals surface area (Å²) in [5, 5.41) is -0.356. The molecule has 1 fully saturated rings. The van der Waals surface area contributed by atoms with E-state index in [1.807, 2.05) is 30.3 Å². The van der Waals surface area contributed by atoms with E-state index < -0.39 is 15.9 Å². The van der Waals surface area contributed by atoms with Gasteiger partial charge in [0, 0.05) is 44.1 Å². The van der Waals surface area contributed by atoms with Crippen LogP contribution in [0.5, 0.6) is 0 Å². The van der Waals surface area contributed by atoms with E-state index in [2.05, 4.69) is 9.97 Å². The third kappa shape index (κ3) is 4.18. The summed E-state index contributed by atoms with van der Waals surface area (Å²) in [5.41, 5.74) is 6.27. The van der Waals surface area contributed by atoms with Crippen molar-refractivity contribution in [3.8, 4) is 11.4 Å². The topological polar surface area (TPSA) is 140 Å². The van der Waals surface area contributed by atoms with Crippen LogP contribution in [0.2, 0.25) is 0 Å². The third-order valence-electron chi connectivity index (χ3n) is 4.87. The fraction of sp³-hybridized carbons (Fsp3) is 0.200. The number of furan rings is 1. The van der Waals surface area contributed by atoms with Gasteiger partial charge in [-0.15, -0.1) is 0 Å². The molecule has 1 aromatic carbocycles. The van der Waals surface area contributed by atoms with Crippen LogP contribution >= 0.6 is 0 Å². The molecule has 1 aliphatic rings. The number of primary amides is 1. The van der Waals surface area contributed by atoms with Gasteiger partial charge in [0.05, 0.1) is 5.56 Å². The van der Waals surface area contributed by atoms with Crippen LogP contribution in [0.15, 0.2) is 64.4 Å². The van der Waals surface area contributed by atoms with Crippen LogP contribution in [-0.2, 0) is 10.0 Å². The standard InChI is InChI=1S/C20H19N5O5S/c21-18(26)16-6-7-17(30-16)31(28,29)25-10-8-24(9-11-25)20(27)15-12-22-19(23-13-15)14-4-2-1-3-5-14/h1-7,12-13H,8-11H2,(H2,21,26). The monoisotopic (exact) mass is 441 g/mol. The SMILES string of the molecule is NC(=O)c1ccc(S(=O)(=O)N2CCN(C(=O)c3cnc(-c4ccccc4)nc3)CC2)o1. The second-order valence-corrected chi connectivity index (χ2v) is 8.71. The van der Waals surface area contributed by atoms with Gasteiger partial charge in [0.25, 0.3) is 21.8 Å². The molecular formula is C20H19N5O5S. The Kier molecular flexibility index (Phi) is 5.53. The number of amides is 2. The molecule has 0 spiro atoms. The molecule has 0 aliphatic carbocycles. The molecule has 0 bridgehead atoms. The summed E-state index contributed by atoms with van der Waals surface area (Å²) in [4.78, 5) is 34.0. The minimum Gasteiger partial charge on any atom is -0.438 e. The van der Waals surface area contributed by atoms with E-state index in [-0.39, 0.29) is 42.9 Å². The zero-order valence-electron chi connectivity index (χ0n) is 16.3. The van der Waals surface area contributed by atoms with Crippen molar-refractivity contribution < 1.29 is 22.4 Å². The predicted octanol–water partition coefficient (Wildman–Crippen LogP) is 0.982. The number of hydrogen-bond acceptors (Lipinski definition) is 7. The molecule has 11 heteroatoms. The summed E-state index contributed by atoms with van der Waals surface area (Å²) in [6.45, 7) is 0.567. The van der Waals surface area contributed by atoms with Gasteiger partial charge in [-0.3, -0.25) is 9.59 Å². The maximum Gasteiger partial charge on any atom is 0.284 e. The van der Waals surface area contributed by atoms with Crippen molar-refractivity contribution in [2.45, 2.75) is 5.09 Å². The van der Waals surface area contributed by atoms with E-state index in [0.717, 1.165) is 5.56 Å². The summed E-state index contributed by atoms with van der Waals surface area (Å²) >= 11 is 0. The summed E-state index contributed by atoms with van der Waals surface area (Å²) in [6, 6.07) is 11.8. The van der Waals surface area contributed by atoms with Gasteiger partial charge in [-0.05, 0) is 12.1 Å². The summed E-state index contributed by atoms with van der Waals surface area (Å²) in [5.74, 6) is -0.837. The molecule has 0 unspecified atom stereocenters. The summed E-state index contributed by atoms with van der Waals surface area (Å²) in [6.07, 6.45) is 2.93. The number of nitrogens with zero attached hydrogens (tertiary/aromatic N) is 4. The lowest BCUT2D eigenvalue weighted by molar-refractivity contribution is 0.0695. The number of aromatic nitrogens is 2. The number of benzene rings is 1. The van der Waals surface area contributed by atoms with Gasteiger partial charge < -0.3 is 15.1 Å². The molecule has 2 aromatic heterocycles. The molecule has 1 aliphatic heterocycles. The smallest absolute Gasteiger partial charge is 0.284 e. The van der Waals surface area contributed by atoms with E-state index in [1.54, 1.807) is 4.90 Å². The van der Waals surface area contributed by atoms with Gasteiger partial charge in [-0.2, -0.15) is 4.31 Å². The minimum atomic E-state index is -3.93. The van der Waals surface area contributed by atoms with Crippen molar-refractivity contribution in [3.63, 3.8) is 0 Å². The second-order valence-electron chi connectivity index (χ2n) is 6.84. The highest BCUT2D eigenvalue weighted by molar-refractivity contribution is 7.89. The molecule has 4 rings (SSSR count). The van der Waals surface area contributed by atoms with Crippen LogP contribution in [0.4, 0.5) is 0 Å². The third-order valence-corrected chi connectivity index (χ3v) is 6.65. The Hall–Kier alpha value is -3.57. The first-order chi connectivity index (χ1) is 14.9. The van der Waals surface area contributed by atoms with Gasteiger partial charge in [0.15, 0.2) is 11.6 Å². The average molecular weight is 441 g/mol. The Bertz CT molecular complexity index is 1200. The molecule has 0 radical (unpaired) electrons. The first-order valence-electron chi connectivity index (χ1n) is 9.43. The predicted molar refractivity (Wildman–Crippen MR) is 109 cm³/mol. The zero-order chi connectivity index (χ0) is 22.0. The first kappa shape index (κ1) is 20.7. The number of rotatable bonds is 5. The fourth-order valence-corrected chi connectivity index (χ4v) is 4.54. The number of carbonyl (C=O) groups is 2. The van der Waals surface area contributed by atoms with Crippen LogP contribution in [0.25, 0.3) is 11.4 Å². The lowest BCUT2D eigenvalue weighted by atomic mass is 10.2. The van der Waals surface area contributed by atoms with Crippen molar-refractivity contribution in [2.75, 3.05) is 26.2 Å². The molecule has 2 amide bonds. The average Bonchev–Trinajstić information content (AvgIpc) is 3.31. The molecular weight excluding hydrogens is 422 g/mol. The highest BCUT2D eigenvalue weighted by Gasteiger charge is 2.33. The highest BCUT2D eigenvalue weighted by atomic mass is 32.2. The van der Waals surface area contributed by atoms with Crippen molar-refractivity contribution in [2.24, 2.45) is 5.73 Å². The lowest BCUT2D eigenvalue weighted by Crippen LogP contribution is -2.50. The molecule has 0 atom stereocenters. The van der Waals surface area contributed by atoms with Crippen molar-refractivity contribution in [1.29, 1.82) is 0 Å². The van der Waals surface area contributed by atoms with Crippen LogP contribution < -0.4 is 5.73 Å². The molecule has 3 heterocycles. The Morgan fingerprint density at radius 2 is 1.58 bits per heavy atom. The number of piperazine rings is 1. The van der Waals surface area contributed by atoms with Crippen molar-refractivity contribution in [1.82, 2.24) is 19.2 Å². The largest absolute Gasteiger partial charge is 0.438 e. The molecule has 31 heavy (non-hydrogen) atoms. The molecule has 10 nitrogen and oxygen atoms in total. The zero-order valence-corrected chi connectivity index (χ0v) is 17.2. The Balaban J connectivity index is 1.41. The van der Waals surface area contributed by atoms with Gasteiger partial charge >= 0.3 is 0 Å². The summed E-state index contributed by atoms with van der Waals surface area (Å²) in [7, 11) is -3.93. The number of nitrogens with two attached hydrogens (primary N) is 1. The van der Waals surface area contributed by atoms with Gasteiger partial charge in [0.2, 0.25) is 5.09 Å². The molecule has 160 valence electrons. The second kappa shape index (κ2) is 8.28. The first-order valence-corrected chi connectivity index (χ1v) is 10.9. The molecule has 0 saturated carbocycles. The Morgan fingerprint density at radius 3 is 2.16 bits per heavy atom. The molecule has 3 aromatic rings. The van der Waals surface area contributed by atoms with Gasteiger partial charge in [-0.1, -0.05) is 30.3 Å². The van der Waals surface area contributed by atoms with E-state index >= 15 is 0 Å². The summed E-state index contributed by atoms with van der Waals surface area (Å²) < 4.78 is 31.7. The molecule has 2 N–H and O–H groups in total. The highest BCUT2D eigenvalue weighted by Crippen LogP contribution is 2.21.